The summed E-state index contributed by atoms with van der Waals surface area (Å²) in [6.45, 7) is 9.03. The second-order valence-corrected chi connectivity index (χ2v) is 11.4. The van der Waals surface area contributed by atoms with Crippen molar-refractivity contribution in [2.24, 2.45) is 5.41 Å². The Kier molecular flexibility index (Phi) is 9.02. The van der Waals surface area contributed by atoms with Crippen LogP contribution in [0.2, 0.25) is 5.02 Å². The molecule has 0 spiro atoms. The predicted octanol–water partition coefficient (Wildman–Crippen LogP) is 3.66. The largest absolute Gasteiger partial charge is 0.427 e. The number of halogens is 2. The van der Waals surface area contributed by atoms with Gasteiger partial charge in [-0.3, -0.25) is 9.59 Å². The van der Waals surface area contributed by atoms with Crippen LogP contribution in [0.3, 0.4) is 0 Å². The Morgan fingerprint density at radius 2 is 1.81 bits per heavy atom. The SMILES string of the molecule is Cc1c(F)c(N)cc(C(=O)Nc2cc(-n3cc(C(=O)OCOC(=O)C(C)(C)C)nn3)ccc2N2CCN(C)CC2)c1Cl. The number of ether oxygens (including phenoxy) is 2. The van der Waals surface area contributed by atoms with Crippen molar-refractivity contribution >= 4 is 46.5 Å². The maximum absolute atomic E-state index is 14.2. The lowest BCUT2D eigenvalue weighted by Gasteiger charge is -2.35. The second-order valence-electron chi connectivity index (χ2n) is 11.0. The van der Waals surface area contributed by atoms with Crippen molar-refractivity contribution in [2.45, 2.75) is 27.7 Å². The third kappa shape index (κ3) is 6.80. The molecule has 1 amide bonds. The van der Waals surface area contributed by atoms with E-state index >= 15 is 0 Å². The van der Waals surface area contributed by atoms with E-state index in [0.29, 0.717) is 11.4 Å². The zero-order valence-corrected chi connectivity index (χ0v) is 24.8. The highest BCUT2D eigenvalue weighted by molar-refractivity contribution is 6.35. The van der Waals surface area contributed by atoms with Crippen LogP contribution >= 0.6 is 11.6 Å². The van der Waals surface area contributed by atoms with Crippen molar-refractivity contribution in [3.05, 3.63) is 58.1 Å². The number of carbonyl (C=O) groups excluding carboxylic acids is 3. The molecule has 3 N–H and O–H groups in total. The number of carbonyl (C=O) groups is 3. The summed E-state index contributed by atoms with van der Waals surface area (Å²) in [6, 6.07) is 6.47. The smallest absolute Gasteiger partial charge is 0.363 e. The number of amides is 1. The normalized spacial score (nSPS) is 14.0. The summed E-state index contributed by atoms with van der Waals surface area (Å²) in [5, 5.41) is 10.7. The van der Waals surface area contributed by atoms with E-state index < -0.39 is 35.9 Å². The molecule has 2 heterocycles. The first-order valence-corrected chi connectivity index (χ1v) is 13.5. The van der Waals surface area contributed by atoms with Gasteiger partial charge in [0.05, 0.1) is 44.9 Å². The van der Waals surface area contributed by atoms with Crippen LogP contribution in [0.25, 0.3) is 5.69 Å². The average Bonchev–Trinajstić information content (AvgIpc) is 3.44. The van der Waals surface area contributed by atoms with E-state index in [4.69, 9.17) is 26.8 Å². The molecular formula is C28H33ClFN7O5. The molecule has 2 aromatic carbocycles. The van der Waals surface area contributed by atoms with Crippen molar-refractivity contribution in [3.8, 4) is 5.69 Å². The van der Waals surface area contributed by atoms with Crippen molar-refractivity contribution in [2.75, 3.05) is 56.0 Å². The van der Waals surface area contributed by atoms with Gasteiger partial charge in [-0.25, -0.2) is 13.9 Å². The zero-order valence-electron chi connectivity index (χ0n) is 24.0. The predicted molar refractivity (Wildman–Crippen MR) is 155 cm³/mol. The molecule has 3 aromatic rings. The molecule has 0 saturated carbocycles. The lowest BCUT2D eigenvalue weighted by Crippen LogP contribution is -2.44. The molecule has 224 valence electrons. The molecule has 0 atom stereocenters. The zero-order chi connectivity index (χ0) is 30.8. The molecule has 0 bridgehead atoms. The molecule has 0 unspecified atom stereocenters. The van der Waals surface area contributed by atoms with Crippen LogP contribution < -0.4 is 16.0 Å². The minimum Gasteiger partial charge on any atom is -0.427 e. The van der Waals surface area contributed by atoms with Gasteiger partial charge >= 0.3 is 11.9 Å². The first kappa shape index (κ1) is 30.7. The van der Waals surface area contributed by atoms with E-state index in [1.807, 2.05) is 13.1 Å². The fraction of sp³-hybridized carbons (Fsp3) is 0.393. The fourth-order valence-corrected chi connectivity index (χ4v) is 4.38. The van der Waals surface area contributed by atoms with Crippen molar-refractivity contribution < 1.29 is 28.2 Å². The lowest BCUT2D eigenvalue weighted by molar-refractivity contribution is -0.161. The average molecular weight is 602 g/mol. The Balaban J connectivity index is 1.59. The molecule has 0 aliphatic carbocycles. The van der Waals surface area contributed by atoms with Gasteiger partial charge in [0.15, 0.2) is 11.5 Å². The number of nitrogens with two attached hydrogens (primary N) is 1. The van der Waals surface area contributed by atoms with Crippen molar-refractivity contribution in [1.82, 2.24) is 19.9 Å². The topological polar surface area (TPSA) is 145 Å². The number of nitrogen functional groups attached to an aromatic ring is 1. The number of nitrogens with one attached hydrogen (secondary N) is 1. The number of likely N-dealkylation sites (N-methyl/N-ethyl adjacent to an activating group) is 1. The molecule has 12 nitrogen and oxygen atoms in total. The quantitative estimate of drug-likeness (QED) is 0.234. The number of piperazine rings is 1. The molecule has 1 aliphatic rings. The first-order valence-electron chi connectivity index (χ1n) is 13.2. The van der Waals surface area contributed by atoms with Crippen molar-refractivity contribution in [3.63, 3.8) is 0 Å². The Bertz CT molecular complexity index is 1510. The van der Waals surface area contributed by atoms with Gasteiger partial charge in [0.1, 0.15) is 0 Å². The third-order valence-electron chi connectivity index (χ3n) is 6.72. The lowest BCUT2D eigenvalue weighted by atomic mass is 9.98. The Morgan fingerprint density at radius 3 is 2.48 bits per heavy atom. The number of aromatic nitrogens is 3. The van der Waals surface area contributed by atoms with Crippen molar-refractivity contribution in [1.29, 1.82) is 0 Å². The summed E-state index contributed by atoms with van der Waals surface area (Å²) >= 11 is 6.31. The van der Waals surface area contributed by atoms with E-state index in [2.05, 4.69) is 25.4 Å². The minimum atomic E-state index is -0.829. The number of anilines is 3. The van der Waals surface area contributed by atoms with Gasteiger partial charge < -0.3 is 30.3 Å². The number of esters is 2. The Morgan fingerprint density at radius 1 is 1.12 bits per heavy atom. The van der Waals surface area contributed by atoms with E-state index in [1.165, 1.54) is 23.9 Å². The maximum Gasteiger partial charge on any atom is 0.363 e. The van der Waals surface area contributed by atoms with E-state index in [9.17, 15) is 18.8 Å². The maximum atomic E-state index is 14.2. The summed E-state index contributed by atoms with van der Waals surface area (Å²) < 4.78 is 25.5. The Hall–Kier alpha value is -4.23. The summed E-state index contributed by atoms with van der Waals surface area (Å²) in [5.41, 5.74) is 6.49. The van der Waals surface area contributed by atoms with Crippen LogP contribution in [0.5, 0.6) is 0 Å². The minimum absolute atomic E-state index is 0.0285. The number of rotatable bonds is 7. The van der Waals surface area contributed by atoms with Gasteiger partial charge in [-0.15, -0.1) is 5.10 Å². The van der Waals surface area contributed by atoms with Crippen LogP contribution in [0, 0.1) is 18.2 Å². The summed E-state index contributed by atoms with van der Waals surface area (Å²) in [4.78, 5) is 42.0. The summed E-state index contributed by atoms with van der Waals surface area (Å²) in [5.74, 6) is -2.60. The highest BCUT2D eigenvalue weighted by Gasteiger charge is 2.25. The number of hydrogen-bond donors (Lipinski definition) is 2. The Labute approximate surface area is 247 Å². The number of hydrogen-bond acceptors (Lipinski definition) is 10. The van der Waals surface area contributed by atoms with Gasteiger partial charge in [0, 0.05) is 31.7 Å². The van der Waals surface area contributed by atoms with E-state index in [-0.39, 0.29) is 27.5 Å². The molecule has 1 aromatic heterocycles. The fourth-order valence-electron chi connectivity index (χ4n) is 4.15. The van der Waals surface area contributed by atoms with Crippen LogP contribution in [0.1, 0.15) is 47.2 Å². The summed E-state index contributed by atoms with van der Waals surface area (Å²) in [7, 11) is 2.04. The van der Waals surface area contributed by atoms with Crippen LogP contribution in [0.15, 0.2) is 30.5 Å². The highest BCUT2D eigenvalue weighted by Crippen LogP contribution is 2.32. The van der Waals surface area contributed by atoms with Crippen LogP contribution in [0.4, 0.5) is 21.5 Å². The molecule has 4 rings (SSSR count). The van der Waals surface area contributed by atoms with Gasteiger partial charge in [0.2, 0.25) is 6.79 Å². The molecule has 14 heteroatoms. The number of nitrogens with zero attached hydrogens (tertiary/aromatic N) is 5. The van der Waals surface area contributed by atoms with Crippen LogP contribution in [-0.2, 0) is 14.3 Å². The third-order valence-corrected chi connectivity index (χ3v) is 7.21. The van der Waals surface area contributed by atoms with Gasteiger partial charge in [-0.05, 0) is 59.0 Å². The molecule has 1 aliphatic heterocycles. The van der Waals surface area contributed by atoms with E-state index in [1.54, 1.807) is 32.9 Å². The van der Waals surface area contributed by atoms with Crippen LogP contribution in [-0.4, -0.2) is 77.8 Å². The first-order chi connectivity index (χ1) is 19.8. The second kappa shape index (κ2) is 12.3. The van der Waals surface area contributed by atoms with E-state index in [0.717, 1.165) is 31.9 Å². The van der Waals surface area contributed by atoms with Gasteiger partial charge in [-0.1, -0.05) is 16.8 Å². The highest BCUT2D eigenvalue weighted by atomic mass is 35.5. The molecule has 1 fully saturated rings. The molecule has 1 saturated heterocycles. The molecule has 0 radical (unpaired) electrons. The monoisotopic (exact) mass is 601 g/mol. The summed E-state index contributed by atoms with van der Waals surface area (Å²) in [6.07, 6.45) is 1.35. The van der Waals surface area contributed by atoms with Gasteiger partial charge in [0.25, 0.3) is 5.91 Å². The molecular weight excluding hydrogens is 569 g/mol. The standard InChI is InChI=1S/C28H33ClFN7O5/c1-16-23(29)18(13-19(31)24(16)30)25(38)32-20-12-17(6-7-22(20)36-10-8-35(5)9-11-36)37-14-21(33-34-37)26(39)41-15-42-27(40)28(2,3)4/h6-7,12-14H,8-11,15,31H2,1-5H3,(H,32,38). The van der Waals surface area contributed by atoms with Gasteiger partial charge in [-0.2, -0.15) is 0 Å². The molecule has 42 heavy (non-hydrogen) atoms. The number of benzene rings is 2.